The third-order valence-electron chi connectivity index (χ3n) is 3.26. The standard InChI is InChI=1S/C12H16F2N2O3S2/c1-15-8-9-10(13)2-3-11(12(9)14)21(18,19)16-4-6-20(17)7-5-16/h2-3,15H,4-8H2,1H3. The third-order valence-corrected chi connectivity index (χ3v) is 6.45. The van der Waals surface area contributed by atoms with Gasteiger partial charge in [0.2, 0.25) is 10.0 Å². The number of hydrogen-bond donors (Lipinski definition) is 1. The van der Waals surface area contributed by atoms with Crippen molar-refractivity contribution in [2.45, 2.75) is 11.4 Å². The fraction of sp³-hybridized carbons (Fsp3) is 0.500. The summed E-state index contributed by atoms with van der Waals surface area (Å²) in [5.74, 6) is -1.41. The first-order valence-corrected chi connectivity index (χ1v) is 9.27. The Kier molecular flexibility index (Phi) is 5.07. The molecule has 9 heteroatoms. The van der Waals surface area contributed by atoms with Crippen LogP contribution in [0.15, 0.2) is 17.0 Å². The van der Waals surface area contributed by atoms with Crippen molar-refractivity contribution >= 4 is 20.8 Å². The van der Waals surface area contributed by atoms with Gasteiger partial charge in [0.1, 0.15) is 10.7 Å². The van der Waals surface area contributed by atoms with Gasteiger partial charge in [-0.25, -0.2) is 17.2 Å². The van der Waals surface area contributed by atoms with E-state index in [0.29, 0.717) is 0 Å². The minimum atomic E-state index is -4.04. The van der Waals surface area contributed by atoms with Crippen molar-refractivity contribution in [3.8, 4) is 0 Å². The Morgan fingerprint density at radius 2 is 1.90 bits per heavy atom. The van der Waals surface area contributed by atoms with Crippen LogP contribution in [0.5, 0.6) is 0 Å². The van der Waals surface area contributed by atoms with Crippen molar-refractivity contribution in [3.63, 3.8) is 0 Å². The van der Waals surface area contributed by atoms with Crippen LogP contribution in [-0.2, 0) is 27.4 Å². The van der Waals surface area contributed by atoms with Crippen molar-refractivity contribution in [1.82, 2.24) is 9.62 Å². The normalized spacial score (nSPS) is 18.0. The van der Waals surface area contributed by atoms with Crippen molar-refractivity contribution < 1.29 is 21.4 Å². The van der Waals surface area contributed by atoms with Gasteiger partial charge in [0, 0.05) is 47.5 Å². The van der Waals surface area contributed by atoms with Crippen LogP contribution < -0.4 is 5.32 Å². The van der Waals surface area contributed by atoms with Crippen LogP contribution in [0, 0.1) is 11.6 Å². The van der Waals surface area contributed by atoms with E-state index in [0.717, 1.165) is 16.4 Å². The van der Waals surface area contributed by atoms with E-state index >= 15 is 0 Å². The van der Waals surface area contributed by atoms with Gasteiger partial charge in [0.05, 0.1) is 0 Å². The largest absolute Gasteiger partial charge is 0.315 e. The molecule has 0 amide bonds. The molecular weight excluding hydrogens is 322 g/mol. The van der Waals surface area contributed by atoms with Gasteiger partial charge in [-0.05, 0) is 19.2 Å². The lowest BCUT2D eigenvalue weighted by Gasteiger charge is -2.26. The first-order chi connectivity index (χ1) is 9.87. The van der Waals surface area contributed by atoms with Crippen LogP contribution in [0.25, 0.3) is 0 Å². The molecule has 118 valence electrons. The summed E-state index contributed by atoms with van der Waals surface area (Å²) < 4.78 is 65.1. The molecular formula is C12H16F2N2O3S2. The zero-order chi connectivity index (χ0) is 15.6. The minimum absolute atomic E-state index is 0.0765. The summed E-state index contributed by atoms with van der Waals surface area (Å²) in [6, 6.07) is 1.88. The zero-order valence-corrected chi connectivity index (χ0v) is 13.1. The van der Waals surface area contributed by atoms with E-state index in [9.17, 15) is 21.4 Å². The molecule has 1 heterocycles. The summed E-state index contributed by atoms with van der Waals surface area (Å²) >= 11 is 0. The number of rotatable bonds is 4. The van der Waals surface area contributed by atoms with Crippen LogP contribution in [0.1, 0.15) is 5.56 Å². The molecule has 1 aromatic rings. The summed E-state index contributed by atoms with van der Waals surface area (Å²) in [6.07, 6.45) is 0. The molecule has 0 aliphatic carbocycles. The maximum Gasteiger partial charge on any atom is 0.246 e. The Labute approximate surface area is 124 Å². The fourth-order valence-electron chi connectivity index (χ4n) is 2.11. The molecule has 0 atom stereocenters. The van der Waals surface area contributed by atoms with Crippen molar-refractivity contribution in [3.05, 3.63) is 29.3 Å². The molecule has 1 aromatic carbocycles. The smallest absolute Gasteiger partial charge is 0.246 e. The molecule has 5 nitrogen and oxygen atoms in total. The highest BCUT2D eigenvalue weighted by Gasteiger charge is 2.31. The number of hydrogen-bond acceptors (Lipinski definition) is 4. The Hall–Kier alpha value is -0.900. The zero-order valence-electron chi connectivity index (χ0n) is 11.4. The molecule has 1 aliphatic heterocycles. The lowest BCUT2D eigenvalue weighted by molar-refractivity contribution is 0.431. The number of nitrogens with one attached hydrogen (secondary N) is 1. The Morgan fingerprint density at radius 1 is 1.29 bits per heavy atom. The topological polar surface area (TPSA) is 66.5 Å². The van der Waals surface area contributed by atoms with Crippen LogP contribution in [-0.4, -0.2) is 48.6 Å². The molecule has 0 bridgehead atoms. The quantitative estimate of drug-likeness (QED) is 0.865. The second-order valence-electron chi connectivity index (χ2n) is 4.62. The van der Waals surface area contributed by atoms with Gasteiger partial charge in [-0.1, -0.05) is 0 Å². The van der Waals surface area contributed by atoms with Crippen LogP contribution >= 0.6 is 0 Å². The van der Waals surface area contributed by atoms with Crippen molar-refractivity contribution in [2.24, 2.45) is 0 Å². The lowest BCUT2D eigenvalue weighted by Crippen LogP contribution is -2.42. The van der Waals surface area contributed by atoms with E-state index in [2.05, 4.69) is 5.32 Å². The van der Waals surface area contributed by atoms with Gasteiger partial charge >= 0.3 is 0 Å². The molecule has 0 saturated carbocycles. The third kappa shape index (κ3) is 3.31. The van der Waals surface area contributed by atoms with Gasteiger partial charge in [0.15, 0.2) is 5.82 Å². The highest BCUT2D eigenvalue weighted by molar-refractivity contribution is 7.89. The molecule has 0 unspecified atom stereocenters. The SMILES string of the molecule is CNCc1c(F)ccc(S(=O)(=O)N2CCS(=O)CC2)c1F. The highest BCUT2D eigenvalue weighted by atomic mass is 32.2. The van der Waals surface area contributed by atoms with E-state index in [4.69, 9.17) is 0 Å². The summed E-state index contributed by atoms with van der Waals surface area (Å²) in [5.41, 5.74) is -0.306. The van der Waals surface area contributed by atoms with Gasteiger partial charge in [-0.15, -0.1) is 0 Å². The fourth-order valence-corrected chi connectivity index (χ4v) is 4.93. The molecule has 21 heavy (non-hydrogen) atoms. The van der Waals surface area contributed by atoms with Gasteiger partial charge in [-0.3, -0.25) is 4.21 Å². The summed E-state index contributed by atoms with van der Waals surface area (Å²) in [5, 5.41) is 2.60. The maximum atomic E-state index is 14.3. The first-order valence-electron chi connectivity index (χ1n) is 6.34. The van der Waals surface area contributed by atoms with Gasteiger partial charge in [-0.2, -0.15) is 4.31 Å². The summed E-state index contributed by atoms with van der Waals surface area (Å²) in [6.45, 7) is 0.0469. The van der Waals surface area contributed by atoms with Crippen LogP contribution in [0.4, 0.5) is 8.78 Å². The number of sulfonamides is 1. The average molecular weight is 338 g/mol. The minimum Gasteiger partial charge on any atom is -0.315 e. The second kappa shape index (κ2) is 6.47. The van der Waals surface area contributed by atoms with Crippen molar-refractivity contribution in [2.75, 3.05) is 31.6 Å². The van der Waals surface area contributed by atoms with E-state index in [1.54, 1.807) is 0 Å². The predicted molar refractivity (Wildman–Crippen MR) is 75.8 cm³/mol. The highest BCUT2D eigenvalue weighted by Crippen LogP contribution is 2.24. The molecule has 2 rings (SSSR count). The van der Waals surface area contributed by atoms with E-state index < -0.39 is 37.4 Å². The number of benzene rings is 1. The van der Waals surface area contributed by atoms with E-state index in [1.807, 2.05) is 0 Å². The Bertz CT molecular complexity index is 655. The molecule has 1 N–H and O–H groups in total. The number of halogens is 2. The molecule has 1 saturated heterocycles. The van der Waals surface area contributed by atoms with Crippen molar-refractivity contribution in [1.29, 1.82) is 0 Å². The predicted octanol–water partition coefficient (Wildman–Crippen LogP) is 0.437. The molecule has 1 aliphatic rings. The Balaban J connectivity index is 2.41. The van der Waals surface area contributed by atoms with Crippen LogP contribution in [0.2, 0.25) is 0 Å². The summed E-state index contributed by atoms with van der Waals surface area (Å²) in [4.78, 5) is -0.540. The maximum absolute atomic E-state index is 14.3. The van der Waals surface area contributed by atoms with E-state index in [-0.39, 0.29) is 36.7 Å². The first kappa shape index (κ1) is 16.5. The molecule has 1 fully saturated rings. The average Bonchev–Trinajstić information content (AvgIpc) is 2.43. The molecule has 0 spiro atoms. The molecule has 0 radical (unpaired) electrons. The summed E-state index contributed by atoms with van der Waals surface area (Å²) in [7, 11) is -3.57. The van der Waals surface area contributed by atoms with E-state index in [1.165, 1.54) is 7.05 Å². The number of nitrogens with zero attached hydrogens (tertiary/aromatic N) is 1. The molecule has 0 aromatic heterocycles. The van der Waals surface area contributed by atoms with Gasteiger partial charge < -0.3 is 5.32 Å². The Morgan fingerprint density at radius 3 is 2.48 bits per heavy atom. The second-order valence-corrected chi connectivity index (χ2v) is 8.22. The lowest BCUT2D eigenvalue weighted by atomic mass is 10.2. The van der Waals surface area contributed by atoms with Gasteiger partial charge in [0.25, 0.3) is 0 Å². The van der Waals surface area contributed by atoms with Crippen LogP contribution in [0.3, 0.4) is 0 Å². The monoisotopic (exact) mass is 338 g/mol.